The standard InChI is InChI=1S/C14H25N5/c1-11-13(9-15)14(17(2)16-11)19-8-4-7-18-6-3-5-12(18)10-19/h12H,3-10,15H2,1-2H3. The van der Waals surface area contributed by atoms with Gasteiger partial charge in [-0.1, -0.05) is 0 Å². The number of fused-ring (bicyclic) bond motifs is 1. The van der Waals surface area contributed by atoms with Crippen molar-refractivity contribution in [3.8, 4) is 0 Å². The van der Waals surface area contributed by atoms with E-state index in [0.29, 0.717) is 6.54 Å². The highest BCUT2D eigenvalue weighted by Crippen LogP contribution is 2.28. The second-order valence-corrected chi connectivity index (χ2v) is 5.85. The lowest BCUT2D eigenvalue weighted by Crippen LogP contribution is -2.37. The van der Waals surface area contributed by atoms with Crippen molar-refractivity contribution in [3.63, 3.8) is 0 Å². The maximum Gasteiger partial charge on any atom is 0.131 e. The molecule has 5 heteroatoms. The summed E-state index contributed by atoms with van der Waals surface area (Å²) in [7, 11) is 2.04. The van der Waals surface area contributed by atoms with Crippen LogP contribution in [-0.2, 0) is 13.6 Å². The molecule has 2 aliphatic heterocycles. The van der Waals surface area contributed by atoms with Gasteiger partial charge in [-0.05, 0) is 32.7 Å². The van der Waals surface area contributed by atoms with Gasteiger partial charge in [-0.3, -0.25) is 9.58 Å². The van der Waals surface area contributed by atoms with E-state index in [1.54, 1.807) is 0 Å². The van der Waals surface area contributed by atoms with E-state index in [1.165, 1.54) is 43.7 Å². The van der Waals surface area contributed by atoms with Crippen molar-refractivity contribution in [3.05, 3.63) is 11.3 Å². The molecule has 1 aromatic rings. The average Bonchev–Trinajstić information content (AvgIpc) is 2.87. The molecule has 0 saturated carbocycles. The number of aromatic nitrogens is 2. The van der Waals surface area contributed by atoms with Crippen molar-refractivity contribution in [1.29, 1.82) is 0 Å². The lowest BCUT2D eigenvalue weighted by molar-refractivity contribution is 0.273. The van der Waals surface area contributed by atoms with Gasteiger partial charge in [-0.25, -0.2) is 0 Å². The van der Waals surface area contributed by atoms with Gasteiger partial charge in [0.25, 0.3) is 0 Å². The Kier molecular flexibility index (Phi) is 3.50. The van der Waals surface area contributed by atoms with Crippen LogP contribution in [0, 0.1) is 6.92 Å². The number of hydrogen-bond acceptors (Lipinski definition) is 4. The molecule has 0 amide bonds. The number of nitrogens with two attached hydrogens (primary N) is 1. The van der Waals surface area contributed by atoms with Crippen LogP contribution in [-0.4, -0.2) is 46.9 Å². The molecule has 0 radical (unpaired) electrons. The highest BCUT2D eigenvalue weighted by atomic mass is 15.4. The summed E-state index contributed by atoms with van der Waals surface area (Å²) in [6, 6.07) is 0.725. The number of aryl methyl sites for hydroxylation is 2. The SMILES string of the molecule is Cc1nn(C)c(N2CCCN3CCCC3C2)c1CN. The first kappa shape index (κ1) is 12.9. The number of nitrogens with zero attached hydrogens (tertiary/aromatic N) is 4. The van der Waals surface area contributed by atoms with Gasteiger partial charge in [0.2, 0.25) is 0 Å². The molecule has 106 valence electrons. The minimum atomic E-state index is 0.583. The zero-order chi connectivity index (χ0) is 13.4. The molecule has 19 heavy (non-hydrogen) atoms. The Hall–Kier alpha value is -1.07. The fraction of sp³-hybridized carbons (Fsp3) is 0.786. The fourth-order valence-corrected chi connectivity index (χ4v) is 3.72. The van der Waals surface area contributed by atoms with E-state index in [1.807, 2.05) is 11.7 Å². The predicted molar refractivity (Wildman–Crippen MR) is 77.3 cm³/mol. The van der Waals surface area contributed by atoms with Crippen molar-refractivity contribution in [2.24, 2.45) is 12.8 Å². The molecule has 0 aliphatic carbocycles. The van der Waals surface area contributed by atoms with Crippen LogP contribution in [0.5, 0.6) is 0 Å². The monoisotopic (exact) mass is 263 g/mol. The van der Waals surface area contributed by atoms with Crippen LogP contribution in [0.1, 0.15) is 30.5 Å². The van der Waals surface area contributed by atoms with Crippen molar-refractivity contribution < 1.29 is 0 Å². The highest BCUT2D eigenvalue weighted by Gasteiger charge is 2.30. The Bertz CT molecular complexity index is 453. The molecule has 3 heterocycles. The minimum absolute atomic E-state index is 0.583. The molecule has 1 aromatic heterocycles. The van der Waals surface area contributed by atoms with E-state index in [2.05, 4.69) is 21.8 Å². The van der Waals surface area contributed by atoms with Crippen LogP contribution in [0.4, 0.5) is 5.82 Å². The van der Waals surface area contributed by atoms with Crippen molar-refractivity contribution in [2.75, 3.05) is 31.1 Å². The van der Waals surface area contributed by atoms with Crippen LogP contribution in [0.25, 0.3) is 0 Å². The van der Waals surface area contributed by atoms with Crippen molar-refractivity contribution in [2.45, 2.75) is 38.8 Å². The Labute approximate surface area is 115 Å². The first-order valence-electron chi connectivity index (χ1n) is 7.42. The van der Waals surface area contributed by atoms with Crippen molar-refractivity contribution in [1.82, 2.24) is 14.7 Å². The van der Waals surface area contributed by atoms with Crippen molar-refractivity contribution >= 4 is 5.82 Å². The van der Waals surface area contributed by atoms with E-state index in [9.17, 15) is 0 Å². The molecule has 1 unspecified atom stereocenters. The molecule has 3 rings (SSSR count). The van der Waals surface area contributed by atoms with Crippen LogP contribution >= 0.6 is 0 Å². The van der Waals surface area contributed by atoms with E-state index >= 15 is 0 Å². The summed E-state index contributed by atoms with van der Waals surface area (Å²) in [6.07, 6.45) is 3.93. The van der Waals surface area contributed by atoms with Gasteiger partial charge in [-0.15, -0.1) is 0 Å². The normalized spacial score (nSPS) is 24.6. The maximum atomic E-state index is 5.93. The van der Waals surface area contributed by atoms with Crippen LogP contribution in [0.15, 0.2) is 0 Å². The lowest BCUT2D eigenvalue weighted by atomic mass is 10.2. The average molecular weight is 263 g/mol. The first-order chi connectivity index (χ1) is 9.20. The summed E-state index contributed by atoms with van der Waals surface area (Å²) in [6.45, 7) is 7.43. The van der Waals surface area contributed by atoms with E-state index in [0.717, 1.165) is 24.8 Å². The first-order valence-corrected chi connectivity index (χ1v) is 7.42. The minimum Gasteiger partial charge on any atom is -0.355 e. The van der Waals surface area contributed by atoms with Crippen LogP contribution in [0.3, 0.4) is 0 Å². The predicted octanol–water partition coefficient (Wildman–Crippen LogP) is 0.862. The molecule has 5 nitrogen and oxygen atoms in total. The molecule has 0 aromatic carbocycles. The summed E-state index contributed by atoms with van der Waals surface area (Å²) < 4.78 is 2.02. The summed E-state index contributed by atoms with van der Waals surface area (Å²) in [5, 5.41) is 4.55. The zero-order valence-corrected chi connectivity index (χ0v) is 12.1. The van der Waals surface area contributed by atoms with Gasteiger partial charge in [0.15, 0.2) is 0 Å². The summed E-state index contributed by atoms with van der Waals surface area (Å²) in [5.41, 5.74) is 8.22. The third-order valence-electron chi connectivity index (χ3n) is 4.62. The van der Waals surface area contributed by atoms with Gasteiger partial charge in [-0.2, -0.15) is 5.10 Å². The van der Waals surface area contributed by atoms with Gasteiger partial charge in [0.05, 0.1) is 5.69 Å². The molecule has 0 spiro atoms. The number of hydrogen-bond donors (Lipinski definition) is 1. The quantitative estimate of drug-likeness (QED) is 0.860. The van der Waals surface area contributed by atoms with E-state index in [4.69, 9.17) is 5.73 Å². The summed E-state index contributed by atoms with van der Waals surface area (Å²) in [5.74, 6) is 1.24. The highest BCUT2D eigenvalue weighted by molar-refractivity contribution is 5.50. The number of rotatable bonds is 2. The second kappa shape index (κ2) is 5.13. The smallest absolute Gasteiger partial charge is 0.131 e. The fourth-order valence-electron chi connectivity index (χ4n) is 3.72. The molecule has 0 bridgehead atoms. The Morgan fingerprint density at radius 3 is 2.84 bits per heavy atom. The van der Waals surface area contributed by atoms with Crippen LogP contribution in [0.2, 0.25) is 0 Å². The Morgan fingerprint density at radius 2 is 2.05 bits per heavy atom. The van der Waals surface area contributed by atoms with E-state index < -0.39 is 0 Å². The largest absolute Gasteiger partial charge is 0.355 e. The van der Waals surface area contributed by atoms with Gasteiger partial charge in [0.1, 0.15) is 5.82 Å². The van der Waals surface area contributed by atoms with Gasteiger partial charge >= 0.3 is 0 Å². The molecular weight excluding hydrogens is 238 g/mol. The third kappa shape index (κ3) is 2.25. The second-order valence-electron chi connectivity index (χ2n) is 5.85. The lowest BCUT2D eigenvalue weighted by Gasteiger charge is -2.28. The molecule has 1 atom stereocenters. The molecule has 2 N–H and O–H groups in total. The Balaban J connectivity index is 1.88. The Morgan fingerprint density at radius 1 is 1.26 bits per heavy atom. The molecular formula is C14H25N5. The molecule has 2 aliphatic rings. The number of anilines is 1. The van der Waals surface area contributed by atoms with Gasteiger partial charge in [0, 0.05) is 44.8 Å². The van der Waals surface area contributed by atoms with Gasteiger partial charge < -0.3 is 10.6 Å². The van der Waals surface area contributed by atoms with Crippen LogP contribution < -0.4 is 10.6 Å². The molecule has 2 fully saturated rings. The maximum absolute atomic E-state index is 5.93. The van der Waals surface area contributed by atoms with E-state index in [-0.39, 0.29) is 0 Å². The summed E-state index contributed by atoms with van der Waals surface area (Å²) in [4.78, 5) is 5.17. The summed E-state index contributed by atoms with van der Waals surface area (Å²) >= 11 is 0. The zero-order valence-electron chi connectivity index (χ0n) is 12.1. The third-order valence-corrected chi connectivity index (χ3v) is 4.62. The molecule has 2 saturated heterocycles. The topological polar surface area (TPSA) is 50.3 Å².